The first-order valence-electron chi connectivity index (χ1n) is 5.70. The number of nitrogens with zero attached hydrogens (tertiary/aromatic N) is 2. The molecule has 1 rings (SSSR count). The topological polar surface area (TPSA) is 16.1 Å². The molecular formula is C12H16BrF3N2. The lowest BCUT2D eigenvalue weighted by atomic mass is 10.2. The standard InChI is InChI=1S/C12H16BrF3N2/c1-3-4-18(8-12(14,15)16)11-9(2)5-10(6-13)7-17-11/h5,7H,3-4,6,8H2,1-2H3. The smallest absolute Gasteiger partial charge is 0.347 e. The van der Waals surface area contributed by atoms with Crippen LogP contribution in [-0.4, -0.2) is 24.2 Å². The summed E-state index contributed by atoms with van der Waals surface area (Å²) in [7, 11) is 0. The number of aryl methyl sites for hydroxylation is 1. The summed E-state index contributed by atoms with van der Waals surface area (Å²) in [5.41, 5.74) is 1.73. The van der Waals surface area contributed by atoms with E-state index in [1.165, 1.54) is 4.90 Å². The molecule has 0 saturated heterocycles. The van der Waals surface area contributed by atoms with Gasteiger partial charge in [-0.25, -0.2) is 4.98 Å². The monoisotopic (exact) mass is 324 g/mol. The van der Waals surface area contributed by atoms with Gasteiger partial charge in [0.15, 0.2) is 0 Å². The van der Waals surface area contributed by atoms with Crippen LogP contribution >= 0.6 is 15.9 Å². The Kier molecular flexibility index (Phi) is 5.44. The van der Waals surface area contributed by atoms with Gasteiger partial charge in [-0.3, -0.25) is 0 Å². The van der Waals surface area contributed by atoms with Gasteiger partial charge < -0.3 is 4.90 Å². The van der Waals surface area contributed by atoms with Crippen molar-refractivity contribution in [1.82, 2.24) is 4.98 Å². The van der Waals surface area contributed by atoms with Crippen molar-refractivity contribution in [2.45, 2.75) is 31.8 Å². The van der Waals surface area contributed by atoms with E-state index in [4.69, 9.17) is 0 Å². The average molecular weight is 325 g/mol. The van der Waals surface area contributed by atoms with Crippen LogP contribution in [0.15, 0.2) is 12.3 Å². The van der Waals surface area contributed by atoms with Gasteiger partial charge in [0.2, 0.25) is 0 Å². The van der Waals surface area contributed by atoms with E-state index >= 15 is 0 Å². The molecule has 6 heteroatoms. The predicted molar refractivity (Wildman–Crippen MR) is 70.2 cm³/mol. The third-order valence-electron chi connectivity index (χ3n) is 2.42. The van der Waals surface area contributed by atoms with E-state index in [-0.39, 0.29) is 0 Å². The summed E-state index contributed by atoms with van der Waals surface area (Å²) in [6, 6.07) is 1.86. The third kappa shape index (κ3) is 4.48. The van der Waals surface area contributed by atoms with E-state index in [1.54, 1.807) is 13.1 Å². The summed E-state index contributed by atoms with van der Waals surface area (Å²) in [6.45, 7) is 3.03. The maximum atomic E-state index is 12.5. The first-order valence-corrected chi connectivity index (χ1v) is 6.82. The fraction of sp³-hybridized carbons (Fsp3) is 0.583. The number of hydrogen-bond acceptors (Lipinski definition) is 2. The van der Waals surface area contributed by atoms with Crippen molar-refractivity contribution in [3.8, 4) is 0 Å². The van der Waals surface area contributed by atoms with Crippen molar-refractivity contribution < 1.29 is 13.2 Å². The second-order valence-electron chi connectivity index (χ2n) is 4.15. The number of alkyl halides is 4. The molecule has 18 heavy (non-hydrogen) atoms. The zero-order chi connectivity index (χ0) is 13.8. The fourth-order valence-electron chi connectivity index (χ4n) is 1.78. The molecule has 0 amide bonds. The van der Waals surface area contributed by atoms with Crippen LogP contribution in [-0.2, 0) is 5.33 Å². The number of hydrogen-bond donors (Lipinski definition) is 0. The van der Waals surface area contributed by atoms with Gasteiger partial charge in [-0.2, -0.15) is 13.2 Å². The molecule has 0 aromatic carbocycles. The quantitative estimate of drug-likeness (QED) is 0.759. The predicted octanol–water partition coefficient (Wildman–Crippen LogP) is 4.06. The molecule has 0 fully saturated rings. The maximum Gasteiger partial charge on any atom is 0.405 e. The summed E-state index contributed by atoms with van der Waals surface area (Å²) < 4.78 is 37.5. The Hall–Kier alpha value is -0.780. The van der Waals surface area contributed by atoms with Crippen LogP contribution < -0.4 is 4.90 Å². The highest BCUT2D eigenvalue weighted by atomic mass is 79.9. The molecule has 0 saturated carbocycles. The highest BCUT2D eigenvalue weighted by Crippen LogP contribution is 2.24. The van der Waals surface area contributed by atoms with E-state index in [2.05, 4.69) is 20.9 Å². The molecule has 0 bridgehead atoms. The number of rotatable bonds is 5. The maximum absolute atomic E-state index is 12.5. The van der Waals surface area contributed by atoms with Crippen LogP contribution in [0.25, 0.3) is 0 Å². The number of halogens is 4. The molecule has 0 aliphatic carbocycles. The first kappa shape index (κ1) is 15.3. The molecule has 0 N–H and O–H groups in total. The van der Waals surface area contributed by atoms with Crippen LogP contribution in [0, 0.1) is 6.92 Å². The van der Waals surface area contributed by atoms with Gasteiger partial charge in [0.05, 0.1) is 0 Å². The highest BCUT2D eigenvalue weighted by molar-refractivity contribution is 9.08. The van der Waals surface area contributed by atoms with Gasteiger partial charge in [-0.15, -0.1) is 0 Å². The van der Waals surface area contributed by atoms with Crippen molar-refractivity contribution in [2.24, 2.45) is 0 Å². The lowest BCUT2D eigenvalue weighted by molar-refractivity contribution is -0.119. The molecule has 1 aromatic rings. The van der Waals surface area contributed by atoms with Crippen LogP contribution in [0.1, 0.15) is 24.5 Å². The van der Waals surface area contributed by atoms with E-state index in [1.807, 2.05) is 13.0 Å². The largest absolute Gasteiger partial charge is 0.405 e. The Labute approximate surface area is 113 Å². The third-order valence-corrected chi connectivity index (χ3v) is 3.07. The summed E-state index contributed by atoms with van der Waals surface area (Å²) in [4.78, 5) is 5.43. The average Bonchev–Trinajstić information content (AvgIpc) is 2.26. The Morgan fingerprint density at radius 1 is 1.39 bits per heavy atom. The van der Waals surface area contributed by atoms with E-state index < -0.39 is 12.7 Å². The van der Waals surface area contributed by atoms with Crippen LogP contribution in [0.2, 0.25) is 0 Å². The Morgan fingerprint density at radius 2 is 2.06 bits per heavy atom. The van der Waals surface area contributed by atoms with Gasteiger partial charge in [-0.1, -0.05) is 28.9 Å². The van der Waals surface area contributed by atoms with E-state index in [0.29, 0.717) is 24.1 Å². The van der Waals surface area contributed by atoms with Crippen molar-refractivity contribution in [1.29, 1.82) is 0 Å². The summed E-state index contributed by atoms with van der Waals surface area (Å²) in [6.07, 6.45) is -1.95. The molecule has 0 aliphatic rings. The molecule has 0 atom stereocenters. The van der Waals surface area contributed by atoms with Crippen molar-refractivity contribution in [3.63, 3.8) is 0 Å². The molecule has 1 aromatic heterocycles. The number of aromatic nitrogens is 1. The molecule has 2 nitrogen and oxygen atoms in total. The van der Waals surface area contributed by atoms with Gasteiger partial charge in [0.1, 0.15) is 12.4 Å². The van der Waals surface area contributed by atoms with Crippen LogP contribution in [0.4, 0.5) is 19.0 Å². The molecule has 0 radical (unpaired) electrons. The first-order chi connectivity index (χ1) is 8.37. The molecule has 0 unspecified atom stereocenters. The summed E-state index contributed by atoms with van der Waals surface area (Å²) in [5.74, 6) is 0.416. The summed E-state index contributed by atoms with van der Waals surface area (Å²) in [5, 5.41) is 0.647. The van der Waals surface area contributed by atoms with Crippen molar-refractivity contribution >= 4 is 21.7 Å². The van der Waals surface area contributed by atoms with Gasteiger partial charge >= 0.3 is 6.18 Å². The molecule has 1 heterocycles. The second kappa shape index (κ2) is 6.41. The Morgan fingerprint density at radius 3 is 2.50 bits per heavy atom. The Bertz CT molecular complexity index is 393. The second-order valence-corrected chi connectivity index (χ2v) is 4.72. The highest BCUT2D eigenvalue weighted by Gasteiger charge is 2.31. The fourth-order valence-corrected chi connectivity index (χ4v) is 2.08. The Balaban J connectivity index is 2.98. The summed E-state index contributed by atoms with van der Waals surface area (Å²) >= 11 is 3.30. The molecule has 0 aliphatic heterocycles. The minimum absolute atomic E-state index is 0.348. The lowest BCUT2D eigenvalue weighted by Crippen LogP contribution is -2.35. The van der Waals surface area contributed by atoms with Crippen LogP contribution in [0.3, 0.4) is 0 Å². The van der Waals surface area contributed by atoms with E-state index in [0.717, 1.165) is 11.1 Å². The normalized spacial score (nSPS) is 11.7. The lowest BCUT2D eigenvalue weighted by Gasteiger charge is -2.26. The molecule has 0 spiro atoms. The molecular weight excluding hydrogens is 309 g/mol. The van der Waals surface area contributed by atoms with Crippen molar-refractivity contribution in [2.75, 3.05) is 18.0 Å². The number of anilines is 1. The van der Waals surface area contributed by atoms with Gasteiger partial charge in [0.25, 0.3) is 0 Å². The van der Waals surface area contributed by atoms with Gasteiger partial charge in [0, 0.05) is 18.1 Å². The van der Waals surface area contributed by atoms with Gasteiger partial charge in [-0.05, 0) is 24.5 Å². The van der Waals surface area contributed by atoms with Crippen molar-refractivity contribution in [3.05, 3.63) is 23.4 Å². The van der Waals surface area contributed by atoms with Crippen LogP contribution in [0.5, 0.6) is 0 Å². The minimum Gasteiger partial charge on any atom is -0.347 e. The SMILES string of the molecule is CCCN(CC(F)(F)F)c1ncc(CBr)cc1C. The molecule has 102 valence electrons. The zero-order valence-electron chi connectivity index (χ0n) is 10.4. The number of pyridine rings is 1. The minimum atomic E-state index is -4.21. The van der Waals surface area contributed by atoms with E-state index in [9.17, 15) is 13.2 Å². The zero-order valence-corrected chi connectivity index (χ0v) is 12.0.